The van der Waals surface area contributed by atoms with Crippen LogP contribution < -0.4 is 4.74 Å². The van der Waals surface area contributed by atoms with Crippen LogP contribution in [0.3, 0.4) is 0 Å². The topological polar surface area (TPSA) is 61.3 Å². The van der Waals surface area contributed by atoms with Crippen molar-refractivity contribution in [2.24, 2.45) is 0 Å². The highest BCUT2D eigenvalue weighted by atomic mass is 32.1. The number of aryl methyl sites for hydroxylation is 2. The average molecular weight is 342 g/mol. The van der Waals surface area contributed by atoms with Crippen molar-refractivity contribution in [3.8, 4) is 5.75 Å². The molecule has 0 aliphatic heterocycles. The Balaban J connectivity index is 1.52. The Labute approximate surface area is 144 Å². The number of carbonyl (C=O) groups excluding carboxylic acids is 1. The third-order valence-electron chi connectivity index (χ3n) is 3.57. The van der Waals surface area contributed by atoms with Crippen LogP contribution in [0.1, 0.15) is 22.6 Å². The summed E-state index contributed by atoms with van der Waals surface area (Å²) < 4.78 is 11.5. The molecule has 0 aliphatic rings. The van der Waals surface area contributed by atoms with Gasteiger partial charge >= 0.3 is 5.97 Å². The minimum atomic E-state index is -0.242. The van der Waals surface area contributed by atoms with Gasteiger partial charge in [-0.25, -0.2) is 4.98 Å². The smallest absolute Gasteiger partial charge is 0.306 e. The van der Waals surface area contributed by atoms with E-state index in [0.717, 1.165) is 20.8 Å². The molecule has 0 radical (unpaired) electrons. The maximum absolute atomic E-state index is 11.9. The number of thiazole rings is 1. The van der Waals surface area contributed by atoms with Gasteiger partial charge in [0.05, 0.1) is 23.5 Å². The summed E-state index contributed by atoms with van der Waals surface area (Å²) in [7, 11) is 1.59. The van der Waals surface area contributed by atoms with Crippen molar-refractivity contribution < 1.29 is 14.3 Å². The number of methoxy groups -OCH3 is 1. The van der Waals surface area contributed by atoms with Crippen LogP contribution in [0.5, 0.6) is 5.75 Å². The number of rotatable bonds is 6. The Kier molecular flexibility index (Phi) is 5.05. The highest BCUT2D eigenvalue weighted by Gasteiger charge is 2.09. The lowest BCUT2D eigenvalue weighted by molar-refractivity contribution is -0.144. The molecule has 0 fully saturated rings. The molecule has 0 N–H and O–H groups in total. The maximum atomic E-state index is 11.9. The van der Waals surface area contributed by atoms with Crippen molar-refractivity contribution in [2.75, 3.05) is 7.11 Å². The van der Waals surface area contributed by atoms with E-state index >= 15 is 0 Å². The van der Waals surface area contributed by atoms with Gasteiger partial charge in [-0.2, -0.15) is 0 Å². The lowest BCUT2D eigenvalue weighted by Crippen LogP contribution is -2.06. The number of carbonyl (C=O) groups is 1. The molecule has 0 atom stereocenters. The number of aromatic nitrogens is 2. The van der Waals surface area contributed by atoms with Crippen molar-refractivity contribution in [1.29, 1.82) is 0 Å². The highest BCUT2D eigenvalue weighted by Crippen LogP contribution is 2.23. The molecule has 5 nitrogen and oxygen atoms in total. The van der Waals surface area contributed by atoms with Crippen molar-refractivity contribution in [1.82, 2.24) is 9.97 Å². The number of hydrogen-bond acceptors (Lipinski definition) is 6. The van der Waals surface area contributed by atoms with Crippen LogP contribution in [-0.4, -0.2) is 23.0 Å². The molecule has 3 rings (SSSR count). The summed E-state index contributed by atoms with van der Waals surface area (Å²) in [5.41, 5.74) is 3.07. The van der Waals surface area contributed by atoms with Gasteiger partial charge in [0.25, 0.3) is 0 Å². The standard InChI is InChI=1S/C18H18N2O3S/c1-12-3-5-16-15(7-12)20-17(24-16)11-23-18(21)6-4-13-8-14(22-2)10-19-9-13/h3,5,7-10H,4,6,11H2,1-2H3. The van der Waals surface area contributed by atoms with Gasteiger partial charge in [0.2, 0.25) is 0 Å². The number of pyridine rings is 1. The summed E-state index contributed by atoms with van der Waals surface area (Å²) in [6.07, 6.45) is 4.24. The zero-order valence-electron chi connectivity index (χ0n) is 13.6. The molecule has 0 spiro atoms. The lowest BCUT2D eigenvalue weighted by atomic mass is 10.1. The summed E-state index contributed by atoms with van der Waals surface area (Å²) in [5, 5.41) is 0.812. The monoisotopic (exact) mass is 342 g/mol. The molecule has 0 saturated carbocycles. The first-order valence-corrected chi connectivity index (χ1v) is 8.45. The second kappa shape index (κ2) is 7.40. The zero-order chi connectivity index (χ0) is 16.9. The predicted octanol–water partition coefficient (Wildman–Crippen LogP) is 3.68. The molecule has 0 aliphatic carbocycles. The van der Waals surface area contributed by atoms with E-state index in [1.807, 2.05) is 25.1 Å². The van der Waals surface area contributed by atoms with Crippen molar-refractivity contribution >= 4 is 27.5 Å². The van der Waals surface area contributed by atoms with Gasteiger partial charge in [-0.05, 0) is 42.7 Å². The van der Waals surface area contributed by atoms with Gasteiger partial charge in [-0.15, -0.1) is 11.3 Å². The number of hydrogen-bond donors (Lipinski definition) is 0. The first-order chi connectivity index (χ1) is 11.6. The van der Waals surface area contributed by atoms with Crippen molar-refractivity contribution in [2.45, 2.75) is 26.4 Å². The van der Waals surface area contributed by atoms with E-state index in [-0.39, 0.29) is 12.6 Å². The van der Waals surface area contributed by atoms with Gasteiger partial charge in [0.15, 0.2) is 0 Å². The maximum Gasteiger partial charge on any atom is 0.306 e. The Morgan fingerprint density at radius 2 is 2.12 bits per heavy atom. The molecular weight excluding hydrogens is 324 g/mol. The second-order valence-electron chi connectivity index (χ2n) is 5.47. The number of nitrogens with zero attached hydrogens (tertiary/aromatic N) is 2. The first kappa shape index (κ1) is 16.4. The molecular formula is C18H18N2O3S. The van der Waals surface area contributed by atoms with Crippen LogP contribution >= 0.6 is 11.3 Å². The van der Waals surface area contributed by atoms with E-state index in [2.05, 4.69) is 16.0 Å². The SMILES string of the molecule is COc1cncc(CCC(=O)OCc2nc3cc(C)ccc3s2)c1. The lowest BCUT2D eigenvalue weighted by Gasteiger charge is -2.04. The van der Waals surface area contributed by atoms with Gasteiger partial charge in [-0.3, -0.25) is 9.78 Å². The summed E-state index contributed by atoms with van der Waals surface area (Å²) in [6.45, 7) is 2.25. The molecule has 124 valence electrons. The fraction of sp³-hybridized carbons (Fsp3) is 0.278. The Hall–Kier alpha value is -2.47. The quantitative estimate of drug-likeness (QED) is 0.640. The van der Waals surface area contributed by atoms with Crippen molar-refractivity contribution in [3.63, 3.8) is 0 Å². The number of fused-ring (bicyclic) bond motifs is 1. The van der Waals surface area contributed by atoms with E-state index in [1.165, 1.54) is 5.56 Å². The summed E-state index contributed by atoms with van der Waals surface area (Å²) >= 11 is 1.55. The minimum absolute atomic E-state index is 0.216. The van der Waals surface area contributed by atoms with E-state index < -0.39 is 0 Å². The highest BCUT2D eigenvalue weighted by molar-refractivity contribution is 7.18. The largest absolute Gasteiger partial charge is 0.495 e. The number of ether oxygens (including phenoxy) is 2. The second-order valence-corrected chi connectivity index (χ2v) is 6.59. The van der Waals surface area contributed by atoms with Crippen molar-refractivity contribution in [3.05, 3.63) is 52.8 Å². The summed E-state index contributed by atoms with van der Waals surface area (Å²) in [6, 6.07) is 8.00. The molecule has 6 heteroatoms. The molecule has 0 bridgehead atoms. The molecule has 2 aromatic heterocycles. The average Bonchev–Trinajstić information content (AvgIpc) is 3.00. The molecule has 24 heavy (non-hydrogen) atoms. The van der Waals surface area contributed by atoms with E-state index in [1.54, 1.807) is 30.8 Å². The van der Waals surface area contributed by atoms with Crippen LogP contribution in [0.25, 0.3) is 10.2 Å². The summed E-state index contributed by atoms with van der Waals surface area (Å²) in [5.74, 6) is 0.443. The zero-order valence-corrected chi connectivity index (χ0v) is 14.4. The van der Waals surface area contributed by atoms with E-state index in [0.29, 0.717) is 18.6 Å². The molecule has 3 aromatic rings. The molecule has 0 unspecified atom stereocenters. The van der Waals surface area contributed by atoms with Gasteiger partial charge in [-0.1, -0.05) is 6.07 Å². The predicted molar refractivity (Wildman–Crippen MR) is 93.3 cm³/mol. The Morgan fingerprint density at radius 1 is 1.25 bits per heavy atom. The fourth-order valence-corrected chi connectivity index (χ4v) is 3.18. The van der Waals surface area contributed by atoms with Crippen LogP contribution in [0.4, 0.5) is 0 Å². The number of esters is 1. The van der Waals surface area contributed by atoms with Gasteiger partial charge in [0.1, 0.15) is 17.4 Å². The number of benzene rings is 1. The van der Waals surface area contributed by atoms with Gasteiger partial charge in [0, 0.05) is 12.6 Å². The van der Waals surface area contributed by atoms with Crippen LogP contribution in [0.15, 0.2) is 36.7 Å². The Morgan fingerprint density at radius 3 is 2.96 bits per heavy atom. The Bertz CT molecular complexity index is 860. The third kappa shape index (κ3) is 4.08. The summed E-state index contributed by atoms with van der Waals surface area (Å²) in [4.78, 5) is 20.5. The third-order valence-corrected chi connectivity index (χ3v) is 4.58. The van der Waals surface area contributed by atoms with Crippen LogP contribution in [0.2, 0.25) is 0 Å². The molecule has 2 heterocycles. The normalized spacial score (nSPS) is 10.8. The molecule has 1 aromatic carbocycles. The molecule has 0 amide bonds. The van der Waals surface area contributed by atoms with Gasteiger partial charge < -0.3 is 9.47 Å². The van der Waals surface area contributed by atoms with E-state index in [9.17, 15) is 4.79 Å². The molecule has 0 saturated heterocycles. The minimum Gasteiger partial charge on any atom is -0.495 e. The van der Waals surface area contributed by atoms with Crippen LogP contribution in [-0.2, 0) is 22.6 Å². The van der Waals surface area contributed by atoms with Crippen LogP contribution in [0, 0.1) is 6.92 Å². The van der Waals surface area contributed by atoms with E-state index in [4.69, 9.17) is 9.47 Å². The first-order valence-electron chi connectivity index (χ1n) is 7.63. The fourth-order valence-electron chi connectivity index (χ4n) is 2.32.